The van der Waals surface area contributed by atoms with Crippen molar-refractivity contribution in [1.29, 1.82) is 0 Å². The fraction of sp³-hybridized carbons (Fsp3) is 0.588. The topological polar surface area (TPSA) is 41.3 Å². The summed E-state index contributed by atoms with van der Waals surface area (Å²) < 4.78 is 1.94. The van der Waals surface area contributed by atoms with Gasteiger partial charge < -0.3 is 5.11 Å². The minimum atomic E-state index is 0.140. The van der Waals surface area contributed by atoms with E-state index in [0.717, 1.165) is 31.6 Å². The van der Waals surface area contributed by atoms with E-state index in [1.165, 1.54) is 16.8 Å². The molecule has 0 aliphatic carbocycles. The first-order valence-electron chi connectivity index (χ1n) is 8.09. The summed E-state index contributed by atoms with van der Waals surface area (Å²) in [5.41, 5.74) is 5.14. The normalized spacial score (nSPS) is 18.6. The van der Waals surface area contributed by atoms with Crippen molar-refractivity contribution >= 4 is 11.3 Å². The molecule has 0 fully saturated rings. The molecule has 120 valence electrons. The van der Waals surface area contributed by atoms with Crippen LogP contribution in [-0.4, -0.2) is 32.9 Å². The summed E-state index contributed by atoms with van der Waals surface area (Å²) in [5, 5.41) is 16.0. The molecule has 1 unspecified atom stereocenters. The molecule has 0 saturated heterocycles. The Morgan fingerprint density at radius 1 is 1.41 bits per heavy atom. The van der Waals surface area contributed by atoms with Crippen molar-refractivity contribution in [3.05, 3.63) is 38.8 Å². The summed E-state index contributed by atoms with van der Waals surface area (Å²) in [6, 6.07) is 2.82. The molecule has 0 radical (unpaired) electrons. The Morgan fingerprint density at radius 3 is 2.95 bits per heavy atom. The van der Waals surface area contributed by atoms with Crippen molar-refractivity contribution in [3.63, 3.8) is 0 Å². The molecular weight excluding hydrogens is 294 g/mol. The van der Waals surface area contributed by atoms with Crippen molar-refractivity contribution in [1.82, 2.24) is 14.7 Å². The lowest BCUT2D eigenvalue weighted by Gasteiger charge is -2.35. The van der Waals surface area contributed by atoms with Crippen LogP contribution in [0.4, 0.5) is 0 Å². The van der Waals surface area contributed by atoms with Gasteiger partial charge in [-0.3, -0.25) is 9.58 Å². The Balaban J connectivity index is 1.84. The molecule has 0 amide bonds. The van der Waals surface area contributed by atoms with Gasteiger partial charge in [-0.05, 0) is 43.7 Å². The largest absolute Gasteiger partial charge is 0.394 e. The Kier molecular flexibility index (Phi) is 4.66. The fourth-order valence-corrected chi connectivity index (χ4v) is 4.52. The Labute approximate surface area is 136 Å². The van der Waals surface area contributed by atoms with Gasteiger partial charge in [-0.2, -0.15) is 5.10 Å². The lowest BCUT2D eigenvalue weighted by atomic mass is 9.97. The van der Waals surface area contributed by atoms with E-state index in [-0.39, 0.29) is 6.61 Å². The lowest BCUT2D eigenvalue weighted by Crippen LogP contribution is -2.34. The zero-order valence-electron chi connectivity index (χ0n) is 13.7. The highest BCUT2D eigenvalue weighted by Gasteiger charge is 2.28. The molecule has 2 aromatic rings. The first-order valence-corrected chi connectivity index (χ1v) is 8.97. The first kappa shape index (κ1) is 15.7. The molecule has 22 heavy (non-hydrogen) atoms. The van der Waals surface area contributed by atoms with Crippen molar-refractivity contribution in [3.8, 4) is 0 Å². The number of aliphatic hydroxyl groups excluding tert-OH is 1. The van der Waals surface area contributed by atoms with Crippen LogP contribution in [0.5, 0.6) is 0 Å². The molecule has 0 saturated carbocycles. The van der Waals surface area contributed by atoms with Gasteiger partial charge in [-0.15, -0.1) is 11.3 Å². The molecule has 3 heterocycles. The van der Waals surface area contributed by atoms with Gasteiger partial charge in [0, 0.05) is 35.3 Å². The number of aromatic nitrogens is 2. The highest BCUT2D eigenvalue weighted by atomic mass is 32.1. The maximum Gasteiger partial charge on any atom is 0.0644 e. The molecular formula is C17H25N3OS. The summed E-state index contributed by atoms with van der Waals surface area (Å²) in [6.45, 7) is 9.27. The highest BCUT2D eigenvalue weighted by Crippen LogP contribution is 2.36. The van der Waals surface area contributed by atoms with Crippen LogP contribution in [-0.2, 0) is 19.5 Å². The molecule has 2 aromatic heterocycles. The van der Waals surface area contributed by atoms with Crippen molar-refractivity contribution in [2.75, 3.05) is 13.2 Å². The number of hydrogen-bond donors (Lipinski definition) is 1. The van der Waals surface area contributed by atoms with Crippen LogP contribution < -0.4 is 0 Å². The summed E-state index contributed by atoms with van der Waals surface area (Å²) in [5.74, 6) is 0. The van der Waals surface area contributed by atoms with Crippen LogP contribution in [0, 0.1) is 13.8 Å². The summed E-state index contributed by atoms with van der Waals surface area (Å²) >= 11 is 1.90. The van der Waals surface area contributed by atoms with Gasteiger partial charge in [0.1, 0.15) is 0 Å². The van der Waals surface area contributed by atoms with Crippen molar-refractivity contribution < 1.29 is 5.11 Å². The number of hydrogen-bond acceptors (Lipinski definition) is 4. The summed E-state index contributed by atoms with van der Waals surface area (Å²) in [7, 11) is 0. The molecule has 4 nitrogen and oxygen atoms in total. The molecule has 1 N–H and O–H groups in total. The minimum Gasteiger partial charge on any atom is -0.394 e. The molecule has 5 heteroatoms. The zero-order chi connectivity index (χ0) is 15.7. The van der Waals surface area contributed by atoms with E-state index in [1.54, 1.807) is 4.88 Å². The lowest BCUT2D eigenvalue weighted by molar-refractivity contribution is 0.172. The number of rotatable bonds is 5. The molecule has 0 aromatic carbocycles. The molecule has 1 atom stereocenters. The summed E-state index contributed by atoms with van der Waals surface area (Å²) in [4.78, 5) is 4.16. The second kappa shape index (κ2) is 6.52. The van der Waals surface area contributed by atoms with Crippen molar-refractivity contribution in [2.45, 2.75) is 52.7 Å². The maximum absolute atomic E-state index is 9.16. The van der Waals surface area contributed by atoms with Crippen LogP contribution in [0.15, 0.2) is 11.4 Å². The zero-order valence-corrected chi connectivity index (χ0v) is 14.5. The van der Waals surface area contributed by atoms with E-state index < -0.39 is 0 Å². The van der Waals surface area contributed by atoms with E-state index in [9.17, 15) is 0 Å². The molecule has 1 aliphatic heterocycles. The van der Waals surface area contributed by atoms with Gasteiger partial charge in [0.2, 0.25) is 0 Å². The smallest absolute Gasteiger partial charge is 0.0644 e. The molecule has 3 rings (SSSR count). The predicted molar refractivity (Wildman–Crippen MR) is 90.3 cm³/mol. The fourth-order valence-electron chi connectivity index (χ4n) is 3.59. The van der Waals surface area contributed by atoms with Crippen LogP contribution in [0.3, 0.4) is 0 Å². The van der Waals surface area contributed by atoms with E-state index in [4.69, 9.17) is 5.11 Å². The summed E-state index contributed by atoms with van der Waals surface area (Å²) in [6.07, 6.45) is 2.30. The molecule has 1 aliphatic rings. The van der Waals surface area contributed by atoms with Gasteiger partial charge in [0.15, 0.2) is 0 Å². The van der Waals surface area contributed by atoms with Gasteiger partial charge in [-0.1, -0.05) is 6.92 Å². The second-order valence-electron chi connectivity index (χ2n) is 6.04. The number of aryl methyl sites for hydroxylation is 1. The average molecular weight is 319 g/mol. The van der Waals surface area contributed by atoms with Crippen LogP contribution in [0.25, 0.3) is 0 Å². The third-order valence-corrected chi connectivity index (χ3v) is 5.79. The van der Waals surface area contributed by atoms with Crippen LogP contribution in [0.1, 0.15) is 46.8 Å². The Hall–Kier alpha value is -1.17. The quantitative estimate of drug-likeness (QED) is 0.921. The number of fused-ring (bicyclic) bond motifs is 1. The van der Waals surface area contributed by atoms with Gasteiger partial charge >= 0.3 is 0 Å². The minimum absolute atomic E-state index is 0.140. The first-order chi connectivity index (χ1) is 10.7. The average Bonchev–Trinajstić information content (AvgIpc) is 3.08. The Bertz CT molecular complexity index is 646. The van der Waals surface area contributed by atoms with Gasteiger partial charge in [-0.25, -0.2) is 0 Å². The monoisotopic (exact) mass is 319 g/mol. The second-order valence-corrected chi connectivity index (χ2v) is 7.04. The van der Waals surface area contributed by atoms with E-state index in [0.29, 0.717) is 12.6 Å². The SMILES string of the molecule is CCC1c2ccsc2CCN1Cc1c(C)nn(CCO)c1C. The predicted octanol–water partition coefficient (Wildman–Crippen LogP) is 3.06. The molecule has 0 spiro atoms. The van der Waals surface area contributed by atoms with E-state index >= 15 is 0 Å². The number of thiophene rings is 1. The van der Waals surface area contributed by atoms with Gasteiger partial charge in [0.25, 0.3) is 0 Å². The third kappa shape index (κ3) is 2.73. The van der Waals surface area contributed by atoms with E-state index in [2.05, 4.69) is 42.2 Å². The van der Waals surface area contributed by atoms with E-state index in [1.807, 2.05) is 16.0 Å². The Morgan fingerprint density at radius 2 is 2.23 bits per heavy atom. The third-order valence-electron chi connectivity index (χ3n) is 4.80. The maximum atomic E-state index is 9.16. The van der Waals surface area contributed by atoms with Crippen LogP contribution in [0.2, 0.25) is 0 Å². The molecule has 0 bridgehead atoms. The van der Waals surface area contributed by atoms with Gasteiger partial charge in [0.05, 0.1) is 18.8 Å². The number of nitrogens with zero attached hydrogens (tertiary/aromatic N) is 3. The van der Waals surface area contributed by atoms with Crippen LogP contribution >= 0.6 is 11.3 Å². The standard InChI is InChI=1S/C17H25N3OS/c1-4-16-14-6-10-22-17(14)5-7-19(16)11-15-12(2)18-20(8-9-21)13(15)3/h6,10,16,21H,4-5,7-9,11H2,1-3H3. The highest BCUT2D eigenvalue weighted by molar-refractivity contribution is 7.10. The number of aliphatic hydroxyl groups is 1. The van der Waals surface area contributed by atoms with Crippen molar-refractivity contribution in [2.24, 2.45) is 0 Å².